The number of nitrogens with two attached hydrogens (primary N) is 1. The van der Waals surface area contributed by atoms with Crippen molar-refractivity contribution in [1.82, 2.24) is 4.98 Å². The van der Waals surface area contributed by atoms with Crippen LogP contribution in [0.1, 0.15) is 26.0 Å². The monoisotopic (exact) mass is 205 g/mol. The Morgan fingerprint density at radius 2 is 2.33 bits per heavy atom. The zero-order valence-corrected chi connectivity index (χ0v) is 9.48. The lowest BCUT2D eigenvalue weighted by molar-refractivity contribution is 0.625. The highest BCUT2D eigenvalue weighted by Crippen LogP contribution is 2.28. The van der Waals surface area contributed by atoms with Gasteiger partial charge in [-0.25, -0.2) is 0 Å². The van der Waals surface area contributed by atoms with Crippen LogP contribution < -0.4 is 10.6 Å². The van der Waals surface area contributed by atoms with Crippen LogP contribution in [0.15, 0.2) is 18.3 Å². The number of pyridine rings is 1. The topological polar surface area (TPSA) is 42.2 Å². The zero-order chi connectivity index (χ0) is 10.8. The molecule has 3 nitrogen and oxygen atoms in total. The fraction of sp³-hybridized carbons (Fsp3) is 0.583. The summed E-state index contributed by atoms with van der Waals surface area (Å²) in [7, 11) is 0. The quantitative estimate of drug-likeness (QED) is 0.800. The summed E-state index contributed by atoms with van der Waals surface area (Å²) in [5.41, 5.74) is 7.84. The summed E-state index contributed by atoms with van der Waals surface area (Å²) >= 11 is 0. The molecule has 0 aromatic carbocycles. The Morgan fingerprint density at radius 3 is 2.93 bits per heavy atom. The maximum atomic E-state index is 5.60. The molecule has 2 N–H and O–H groups in total. The molecular formula is C12H19N3. The molecule has 0 bridgehead atoms. The summed E-state index contributed by atoms with van der Waals surface area (Å²) in [6.07, 6.45) is 3.13. The van der Waals surface area contributed by atoms with E-state index in [-0.39, 0.29) is 0 Å². The molecule has 2 rings (SSSR count). The molecule has 1 aliphatic rings. The van der Waals surface area contributed by atoms with Crippen molar-refractivity contribution >= 4 is 5.69 Å². The van der Waals surface area contributed by atoms with Gasteiger partial charge in [-0.05, 0) is 31.4 Å². The Morgan fingerprint density at radius 1 is 1.53 bits per heavy atom. The van der Waals surface area contributed by atoms with Crippen molar-refractivity contribution in [2.24, 2.45) is 11.7 Å². The molecule has 0 amide bonds. The third-order valence-electron chi connectivity index (χ3n) is 3.12. The first-order chi connectivity index (χ1) is 7.20. The van der Waals surface area contributed by atoms with Gasteiger partial charge in [0.15, 0.2) is 0 Å². The molecular weight excluding hydrogens is 186 g/mol. The van der Waals surface area contributed by atoms with Gasteiger partial charge in [-0.1, -0.05) is 6.92 Å². The van der Waals surface area contributed by atoms with E-state index in [1.807, 2.05) is 6.20 Å². The SMILES string of the molecule is CC1CC(C)N(c2ccnc(CN)c2)C1. The Balaban J connectivity index is 2.21. The van der Waals surface area contributed by atoms with Gasteiger partial charge in [0.05, 0.1) is 5.69 Å². The van der Waals surface area contributed by atoms with Crippen molar-refractivity contribution in [2.45, 2.75) is 32.9 Å². The van der Waals surface area contributed by atoms with E-state index in [1.54, 1.807) is 0 Å². The van der Waals surface area contributed by atoms with Crippen LogP contribution in [-0.4, -0.2) is 17.6 Å². The zero-order valence-electron chi connectivity index (χ0n) is 9.48. The molecule has 0 saturated carbocycles. The highest BCUT2D eigenvalue weighted by atomic mass is 15.2. The molecule has 1 saturated heterocycles. The number of aromatic nitrogens is 1. The average molecular weight is 205 g/mol. The van der Waals surface area contributed by atoms with Gasteiger partial charge in [-0.3, -0.25) is 4.98 Å². The molecule has 0 aliphatic carbocycles. The van der Waals surface area contributed by atoms with Crippen LogP contribution in [0.3, 0.4) is 0 Å². The molecule has 1 aromatic rings. The molecule has 2 heterocycles. The molecule has 2 atom stereocenters. The van der Waals surface area contributed by atoms with Gasteiger partial charge >= 0.3 is 0 Å². The molecule has 82 valence electrons. The van der Waals surface area contributed by atoms with Crippen LogP contribution in [0.25, 0.3) is 0 Å². The van der Waals surface area contributed by atoms with Crippen LogP contribution in [0.2, 0.25) is 0 Å². The number of anilines is 1. The van der Waals surface area contributed by atoms with E-state index in [4.69, 9.17) is 5.73 Å². The van der Waals surface area contributed by atoms with Crippen LogP contribution in [0, 0.1) is 5.92 Å². The van der Waals surface area contributed by atoms with Crippen LogP contribution in [-0.2, 0) is 6.54 Å². The van der Waals surface area contributed by atoms with Gasteiger partial charge in [-0.2, -0.15) is 0 Å². The number of nitrogens with zero attached hydrogens (tertiary/aromatic N) is 2. The summed E-state index contributed by atoms with van der Waals surface area (Å²) in [5.74, 6) is 0.787. The van der Waals surface area contributed by atoms with E-state index < -0.39 is 0 Å². The van der Waals surface area contributed by atoms with Gasteiger partial charge in [0.2, 0.25) is 0 Å². The van der Waals surface area contributed by atoms with E-state index in [1.165, 1.54) is 12.1 Å². The maximum absolute atomic E-state index is 5.60. The second-order valence-electron chi connectivity index (χ2n) is 4.55. The third kappa shape index (κ3) is 2.12. The average Bonchev–Trinajstić information content (AvgIpc) is 2.58. The molecule has 15 heavy (non-hydrogen) atoms. The van der Waals surface area contributed by atoms with Crippen LogP contribution >= 0.6 is 0 Å². The standard InChI is InChI=1S/C12H19N3/c1-9-5-10(2)15(8-9)12-3-4-14-11(6-12)7-13/h3-4,6,9-10H,5,7-8,13H2,1-2H3. The second kappa shape index (κ2) is 4.19. The van der Waals surface area contributed by atoms with E-state index in [0.29, 0.717) is 12.6 Å². The lowest BCUT2D eigenvalue weighted by Crippen LogP contribution is -2.26. The van der Waals surface area contributed by atoms with E-state index in [2.05, 4.69) is 35.9 Å². The van der Waals surface area contributed by atoms with Gasteiger partial charge in [-0.15, -0.1) is 0 Å². The van der Waals surface area contributed by atoms with Gasteiger partial charge in [0.25, 0.3) is 0 Å². The van der Waals surface area contributed by atoms with Crippen molar-refractivity contribution in [3.05, 3.63) is 24.0 Å². The summed E-state index contributed by atoms with van der Waals surface area (Å²) in [6, 6.07) is 4.82. The summed E-state index contributed by atoms with van der Waals surface area (Å²) in [4.78, 5) is 6.67. The Hall–Kier alpha value is -1.09. The summed E-state index contributed by atoms with van der Waals surface area (Å²) in [5, 5.41) is 0. The van der Waals surface area contributed by atoms with Gasteiger partial charge in [0.1, 0.15) is 0 Å². The van der Waals surface area contributed by atoms with E-state index >= 15 is 0 Å². The normalized spacial score (nSPS) is 25.9. The summed E-state index contributed by atoms with van der Waals surface area (Å²) < 4.78 is 0. The number of hydrogen-bond acceptors (Lipinski definition) is 3. The van der Waals surface area contributed by atoms with Gasteiger partial charge in [0, 0.05) is 31.0 Å². The van der Waals surface area contributed by atoms with Crippen molar-refractivity contribution < 1.29 is 0 Å². The minimum atomic E-state index is 0.519. The number of rotatable bonds is 2. The minimum absolute atomic E-state index is 0.519. The van der Waals surface area contributed by atoms with Crippen LogP contribution in [0.5, 0.6) is 0 Å². The van der Waals surface area contributed by atoms with E-state index in [0.717, 1.165) is 18.2 Å². The molecule has 1 aromatic heterocycles. The van der Waals surface area contributed by atoms with Crippen molar-refractivity contribution in [3.8, 4) is 0 Å². The largest absolute Gasteiger partial charge is 0.368 e. The first kappa shape index (κ1) is 10.4. The third-order valence-corrected chi connectivity index (χ3v) is 3.12. The van der Waals surface area contributed by atoms with Crippen molar-refractivity contribution in [3.63, 3.8) is 0 Å². The smallest absolute Gasteiger partial charge is 0.0560 e. The first-order valence-electron chi connectivity index (χ1n) is 5.62. The summed E-state index contributed by atoms with van der Waals surface area (Å²) in [6.45, 7) is 6.26. The number of hydrogen-bond donors (Lipinski definition) is 1. The second-order valence-corrected chi connectivity index (χ2v) is 4.55. The first-order valence-corrected chi connectivity index (χ1v) is 5.62. The lowest BCUT2D eigenvalue weighted by Gasteiger charge is -2.24. The lowest BCUT2D eigenvalue weighted by atomic mass is 10.1. The van der Waals surface area contributed by atoms with Crippen LogP contribution in [0.4, 0.5) is 5.69 Å². The highest BCUT2D eigenvalue weighted by Gasteiger charge is 2.26. The van der Waals surface area contributed by atoms with E-state index in [9.17, 15) is 0 Å². The predicted molar refractivity (Wildman–Crippen MR) is 62.7 cm³/mol. The maximum Gasteiger partial charge on any atom is 0.0560 e. The van der Waals surface area contributed by atoms with Crippen molar-refractivity contribution in [1.29, 1.82) is 0 Å². The molecule has 2 unspecified atom stereocenters. The van der Waals surface area contributed by atoms with Gasteiger partial charge < -0.3 is 10.6 Å². The fourth-order valence-electron chi connectivity index (χ4n) is 2.42. The molecule has 1 aliphatic heterocycles. The Kier molecular flexibility index (Phi) is 2.91. The Labute approximate surface area is 91.3 Å². The highest BCUT2D eigenvalue weighted by molar-refractivity contribution is 5.48. The Bertz CT molecular complexity index is 337. The minimum Gasteiger partial charge on any atom is -0.368 e. The predicted octanol–water partition coefficient (Wildman–Crippen LogP) is 1.78. The molecule has 0 radical (unpaired) electrons. The molecule has 1 fully saturated rings. The molecule has 0 spiro atoms. The van der Waals surface area contributed by atoms with Crippen molar-refractivity contribution in [2.75, 3.05) is 11.4 Å². The fourth-order valence-corrected chi connectivity index (χ4v) is 2.42. The molecule has 3 heteroatoms.